The third-order valence-electron chi connectivity index (χ3n) is 4.80. The van der Waals surface area contributed by atoms with Crippen LogP contribution in [0.4, 0.5) is 0 Å². The van der Waals surface area contributed by atoms with E-state index in [9.17, 15) is 0 Å². The summed E-state index contributed by atoms with van der Waals surface area (Å²) in [5.41, 5.74) is 0.380. The molecule has 0 aliphatic carbocycles. The molecule has 2 nitrogen and oxygen atoms in total. The van der Waals surface area contributed by atoms with Crippen LogP contribution in [0.5, 0.6) is 0 Å². The zero-order valence-electron chi connectivity index (χ0n) is 11.9. The van der Waals surface area contributed by atoms with Crippen LogP contribution in [0.25, 0.3) is 0 Å². The lowest BCUT2D eigenvalue weighted by Gasteiger charge is -2.50. The van der Waals surface area contributed by atoms with Gasteiger partial charge in [-0.05, 0) is 60.7 Å². The van der Waals surface area contributed by atoms with Crippen molar-refractivity contribution in [3.63, 3.8) is 0 Å². The van der Waals surface area contributed by atoms with E-state index in [1.807, 2.05) is 0 Å². The third-order valence-corrected chi connectivity index (χ3v) is 4.80. The van der Waals surface area contributed by atoms with E-state index in [1.54, 1.807) is 0 Å². The van der Waals surface area contributed by atoms with E-state index < -0.39 is 0 Å². The summed E-state index contributed by atoms with van der Waals surface area (Å²) in [4.78, 5) is 2.68. The van der Waals surface area contributed by atoms with Crippen molar-refractivity contribution in [2.45, 2.75) is 70.9 Å². The van der Waals surface area contributed by atoms with Crippen molar-refractivity contribution in [3.8, 4) is 0 Å². The van der Waals surface area contributed by atoms with Gasteiger partial charge >= 0.3 is 0 Å². The van der Waals surface area contributed by atoms with Crippen molar-refractivity contribution >= 4 is 0 Å². The first kappa shape index (κ1) is 14.0. The van der Waals surface area contributed by atoms with Gasteiger partial charge in [-0.25, -0.2) is 0 Å². The molecule has 0 unspecified atom stereocenters. The number of rotatable bonds is 3. The Kier molecular flexibility index (Phi) is 4.81. The van der Waals surface area contributed by atoms with Gasteiger partial charge in [-0.3, -0.25) is 4.90 Å². The molecule has 16 heavy (non-hydrogen) atoms. The first-order valence-electron chi connectivity index (χ1n) is 6.86. The molecule has 96 valence electrons. The molecule has 0 radical (unpaired) electrons. The Balaban J connectivity index is 2.71. The van der Waals surface area contributed by atoms with Gasteiger partial charge in [0.1, 0.15) is 0 Å². The van der Waals surface area contributed by atoms with Crippen LogP contribution in [0.3, 0.4) is 0 Å². The second kappa shape index (κ2) is 5.50. The average molecular weight is 226 g/mol. The number of nitrogens with one attached hydrogen (secondary N) is 1. The van der Waals surface area contributed by atoms with Crippen molar-refractivity contribution in [3.05, 3.63) is 0 Å². The first-order valence-corrected chi connectivity index (χ1v) is 6.86. The molecule has 1 fully saturated rings. The topological polar surface area (TPSA) is 15.3 Å². The van der Waals surface area contributed by atoms with Crippen molar-refractivity contribution in [2.24, 2.45) is 0 Å². The fourth-order valence-corrected chi connectivity index (χ4v) is 2.51. The van der Waals surface area contributed by atoms with Crippen molar-refractivity contribution in [2.75, 3.05) is 20.1 Å². The molecular weight excluding hydrogens is 196 g/mol. The van der Waals surface area contributed by atoms with Crippen molar-refractivity contribution in [1.29, 1.82) is 0 Å². The normalized spacial score (nSPS) is 21.6. The maximum absolute atomic E-state index is 3.47. The average Bonchev–Trinajstić information content (AvgIpc) is 2.16. The second-order valence-electron chi connectivity index (χ2n) is 6.19. The van der Waals surface area contributed by atoms with Gasteiger partial charge in [-0.1, -0.05) is 19.3 Å². The summed E-state index contributed by atoms with van der Waals surface area (Å²) >= 11 is 0. The molecule has 1 saturated heterocycles. The summed E-state index contributed by atoms with van der Waals surface area (Å²) in [6.45, 7) is 11.9. The summed E-state index contributed by atoms with van der Waals surface area (Å²) in [6, 6.07) is 0. The number of hydrogen-bond donors (Lipinski definition) is 1. The molecule has 1 N–H and O–H groups in total. The lowest BCUT2D eigenvalue weighted by atomic mass is 9.80. The van der Waals surface area contributed by atoms with Gasteiger partial charge < -0.3 is 5.32 Å². The molecule has 0 saturated carbocycles. The van der Waals surface area contributed by atoms with Crippen LogP contribution < -0.4 is 5.32 Å². The van der Waals surface area contributed by atoms with Gasteiger partial charge in [0.15, 0.2) is 0 Å². The van der Waals surface area contributed by atoms with E-state index in [-0.39, 0.29) is 11.1 Å². The van der Waals surface area contributed by atoms with Gasteiger partial charge in [0, 0.05) is 11.1 Å². The zero-order valence-corrected chi connectivity index (χ0v) is 11.9. The predicted molar refractivity (Wildman–Crippen MR) is 71.9 cm³/mol. The molecule has 1 rings (SSSR count). The molecular formula is C14H30N2. The quantitative estimate of drug-likeness (QED) is 0.796. The monoisotopic (exact) mass is 226 g/mol. The molecule has 1 aliphatic heterocycles. The Labute approximate surface area is 102 Å². The smallest absolute Gasteiger partial charge is 0.0329 e. The highest BCUT2D eigenvalue weighted by Crippen LogP contribution is 2.29. The molecule has 0 aromatic rings. The largest absolute Gasteiger partial charge is 0.313 e. The number of likely N-dealkylation sites (tertiary alicyclic amines) is 1. The van der Waals surface area contributed by atoms with Crippen LogP contribution in [0.15, 0.2) is 0 Å². The lowest BCUT2D eigenvalue weighted by molar-refractivity contribution is 0.0367. The Morgan fingerprint density at radius 1 is 0.812 bits per heavy atom. The first-order chi connectivity index (χ1) is 7.42. The standard InChI is InChI=1S/C14H30N2/c1-13(2,15-5)14(3,4)16-11-9-7-6-8-10-12-16/h15H,6-12H2,1-5H3. The molecule has 1 aliphatic rings. The van der Waals surface area contributed by atoms with E-state index >= 15 is 0 Å². The Bertz CT molecular complexity index is 201. The highest BCUT2D eigenvalue weighted by Gasteiger charge is 2.40. The maximum Gasteiger partial charge on any atom is 0.0329 e. The van der Waals surface area contributed by atoms with Crippen molar-refractivity contribution in [1.82, 2.24) is 10.2 Å². The maximum atomic E-state index is 3.47. The molecule has 2 heteroatoms. The van der Waals surface area contributed by atoms with E-state index in [2.05, 4.69) is 45.0 Å². The highest BCUT2D eigenvalue weighted by atomic mass is 15.2. The SMILES string of the molecule is CNC(C)(C)C(C)(C)N1CCCCCCC1. The Morgan fingerprint density at radius 2 is 1.25 bits per heavy atom. The minimum absolute atomic E-state index is 0.159. The molecule has 0 bridgehead atoms. The van der Waals surface area contributed by atoms with Crippen LogP contribution in [0, 0.1) is 0 Å². The molecule has 0 aromatic carbocycles. The van der Waals surface area contributed by atoms with Gasteiger partial charge in [0.25, 0.3) is 0 Å². The van der Waals surface area contributed by atoms with Crippen LogP contribution in [0.2, 0.25) is 0 Å². The summed E-state index contributed by atoms with van der Waals surface area (Å²) in [6.07, 6.45) is 6.98. The van der Waals surface area contributed by atoms with Gasteiger partial charge in [0.05, 0.1) is 0 Å². The van der Waals surface area contributed by atoms with E-state index in [1.165, 1.54) is 45.2 Å². The second-order valence-corrected chi connectivity index (χ2v) is 6.19. The third kappa shape index (κ3) is 2.98. The van der Waals surface area contributed by atoms with Gasteiger partial charge in [-0.2, -0.15) is 0 Å². The summed E-state index contributed by atoms with van der Waals surface area (Å²) in [5.74, 6) is 0. The summed E-state index contributed by atoms with van der Waals surface area (Å²) in [7, 11) is 2.08. The van der Waals surface area contributed by atoms with E-state index in [0.29, 0.717) is 0 Å². The van der Waals surface area contributed by atoms with Crippen LogP contribution in [-0.4, -0.2) is 36.1 Å². The minimum Gasteiger partial charge on any atom is -0.313 e. The highest BCUT2D eigenvalue weighted by molar-refractivity contribution is 5.00. The van der Waals surface area contributed by atoms with Crippen molar-refractivity contribution < 1.29 is 0 Å². The van der Waals surface area contributed by atoms with Gasteiger partial charge in [-0.15, -0.1) is 0 Å². The molecule has 0 amide bonds. The van der Waals surface area contributed by atoms with Crippen LogP contribution >= 0.6 is 0 Å². The number of hydrogen-bond acceptors (Lipinski definition) is 2. The molecule has 0 aromatic heterocycles. The number of likely N-dealkylation sites (N-methyl/N-ethyl adjacent to an activating group) is 1. The molecule has 1 heterocycles. The fraction of sp³-hybridized carbons (Fsp3) is 1.00. The van der Waals surface area contributed by atoms with E-state index in [0.717, 1.165) is 0 Å². The fourth-order valence-electron chi connectivity index (χ4n) is 2.51. The van der Waals surface area contributed by atoms with E-state index in [4.69, 9.17) is 0 Å². The minimum atomic E-state index is 0.159. The molecule has 0 spiro atoms. The Hall–Kier alpha value is -0.0800. The number of nitrogens with zero attached hydrogens (tertiary/aromatic N) is 1. The Morgan fingerprint density at radius 3 is 1.69 bits per heavy atom. The lowest BCUT2D eigenvalue weighted by Crippen LogP contribution is -2.63. The summed E-state index contributed by atoms with van der Waals surface area (Å²) in [5, 5.41) is 3.47. The van der Waals surface area contributed by atoms with Crippen LogP contribution in [0.1, 0.15) is 59.8 Å². The van der Waals surface area contributed by atoms with Gasteiger partial charge in [0.2, 0.25) is 0 Å². The molecule has 0 atom stereocenters. The van der Waals surface area contributed by atoms with Crippen LogP contribution in [-0.2, 0) is 0 Å². The summed E-state index contributed by atoms with van der Waals surface area (Å²) < 4.78 is 0. The predicted octanol–water partition coefficient (Wildman–Crippen LogP) is 3.03. The zero-order chi connectivity index (χ0) is 12.2.